The molecule has 1 aromatic carbocycles. The third-order valence-corrected chi connectivity index (χ3v) is 3.45. The van der Waals surface area contributed by atoms with Gasteiger partial charge in [-0.15, -0.1) is 0 Å². The van der Waals surface area contributed by atoms with E-state index in [1.807, 2.05) is 0 Å². The van der Waals surface area contributed by atoms with E-state index in [9.17, 15) is 0 Å². The number of rotatable bonds is 0. The second-order valence-corrected chi connectivity index (χ2v) is 4.85. The first-order valence-corrected chi connectivity index (χ1v) is 5.93. The zero-order valence-corrected chi connectivity index (χ0v) is 9.83. The molecule has 0 heterocycles. The average molecular weight is 208 g/mol. The molecule has 0 spiro atoms. The molecule has 0 fully saturated rings. The smallest absolute Gasteiger partial charge is 0.00135 e. The van der Waals surface area contributed by atoms with E-state index in [0.29, 0.717) is 5.92 Å². The van der Waals surface area contributed by atoms with Crippen LogP contribution in [0.2, 0.25) is 0 Å². The van der Waals surface area contributed by atoms with Crippen LogP contribution in [0.25, 0.3) is 5.57 Å². The molecular formula is C16H16. The molecule has 0 saturated carbocycles. The Labute approximate surface area is 97.0 Å². The molecule has 16 heavy (non-hydrogen) atoms. The lowest BCUT2D eigenvalue weighted by molar-refractivity contribution is 0.940. The number of hydrogen-bond donors (Lipinski definition) is 0. The van der Waals surface area contributed by atoms with Crippen LogP contribution < -0.4 is 0 Å². The first-order chi connectivity index (χ1) is 7.74. The predicted octanol–water partition coefficient (Wildman–Crippen LogP) is 4.07. The maximum absolute atomic E-state index is 2.31. The molecule has 0 aromatic heterocycles. The van der Waals surface area contributed by atoms with Gasteiger partial charge in [0.15, 0.2) is 0 Å². The fourth-order valence-corrected chi connectivity index (χ4v) is 2.53. The molecule has 0 saturated heterocycles. The van der Waals surface area contributed by atoms with Crippen molar-refractivity contribution >= 4 is 5.57 Å². The predicted molar refractivity (Wildman–Crippen MR) is 69.2 cm³/mol. The van der Waals surface area contributed by atoms with Crippen LogP contribution in [-0.4, -0.2) is 0 Å². The van der Waals surface area contributed by atoms with E-state index in [0.717, 1.165) is 6.42 Å². The normalized spacial score (nSPS) is 22.0. The Bertz CT molecular complexity index is 527. The summed E-state index contributed by atoms with van der Waals surface area (Å²) in [7, 11) is 0. The van der Waals surface area contributed by atoms with Crippen LogP contribution in [-0.2, 0) is 6.42 Å². The first-order valence-electron chi connectivity index (χ1n) is 5.93. The molecule has 3 rings (SSSR count). The summed E-state index contributed by atoms with van der Waals surface area (Å²) in [5.74, 6) is 0.555. The van der Waals surface area contributed by atoms with Crippen LogP contribution in [0.3, 0.4) is 0 Å². The molecule has 1 atom stereocenters. The SMILES string of the molecule is Cc1ccc2c(c1)CC1=C2C=CC(C)C=C1. The van der Waals surface area contributed by atoms with E-state index < -0.39 is 0 Å². The number of hydrogen-bond acceptors (Lipinski definition) is 0. The second kappa shape index (κ2) is 3.48. The van der Waals surface area contributed by atoms with Crippen LogP contribution in [0.4, 0.5) is 0 Å². The van der Waals surface area contributed by atoms with Crippen LogP contribution in [0, 0.1) is 12.8 Å². The Kier molecular flexibility index (Phi) is 2.10. The highest BCUT2D eigenvalue weighted by molar-refractivity contribution is 5.85. The lowest BCUT2D eigenvalue weighted by Crippen LogP contribution is -1.86. The van der Waals surface area contributed by atoms with Gasteiger partial charge in [0.25, 0.3) is 0 Å². The highest BCUT2D eigenvalue weighted by atomic mass is 14.2. The maximum atomic E-state index is 2.31. The highest BCUT2D eigenvalue weighted by Crippen LogP contribution is 2.36. The summed E-state index contributed by atoms with van der Waals surface area (Å²) in [5.41, 5.74) is 7.17. The summed E-state index contributed by atoms with van der Waals surface area (Å²) < 4.78 is 0. The summed E-state index contributed by atoms with van der Waals surface area (Å²) in [6.45, 7) is 4.39. The monoisotopic (exact) mass is 208 g/mol. The molecule has 0 amide bonds. The maximum Gasteiger partial charge on any atom is -0.00135 e. The van der Waals surface area contributed by atoms with Crippen molar-refractivity contribution < 1.29 is 0 Å². The van der Waals surface area contributed by atoms with Crippen molar-refractivity contribution in [3.8, 4) is 0 Å². The Morgan fingerprint density at radius 1 is 1.12 bits per heavy atom. The van der Waals surface area contributed by atoms with Crippen molar-refractivity contribution in [2.75, 3.05) is 0 Å². The molecular weight excluding hydrogens is 192 g/mol. The van der Waals surface area contributed by atoms with Crippen molar-refractivity contribution in [1.29, 1.82) is 0 Å². The topological polar surface area (TPSA) is 0 Å². The standard InChI is InChI=1S/C16H16/c1-11-3-6-13-10-14-9-12(2)5-8-16(14)15(13)7-4-11/h3-9,11H,10H2,1-2H3. The van der Waals surface area contributed by atoms with Crippen LogP contribution in [0.5, 0.6) is 0 Å². The second-order valence-electron chi connectivity index (χ2n) is 4.85. The quantitative estimate of drug-likeness (QED) is 0.603. The van der Waals surface area contributed by atoms with Crippen LogP contribution in [0.1, 0.15) is 23.6 Å². The van der Waals surface area contributed by atoms with Crippen molar-refractivity contribution in [2.24, 2.45) is 5.92 Å². The van der Waals surface area contributed by atoms with Crippen LogP contribution in [0.15, 0.2) is 48.1 Å². The Morgan fingerprint density at radius 2 is 1.94 bits per heavy atom. The summed E-state index contributed by atoms with van der Waals surface area (Å²) in [6, 6.07) is 6.79. The molecule has 80 valence electrons. The van der Waals surface area contributed by atoms with Gasteiger partial charge in [0.2, 0.25) is 0 Å². The number of benzene rings is 1. The van der Waals surface area contributed by atoms with Gasteiger partial charge in [0.05, 0.1) is 0 Å². The lowest BCUT2D eigenvalue weighted by atomic mass is 10.0. The third kappa shape index (κ3) is 1.46. The number of allylic oxidation sites excluding steroid dienone is 6. The van der Waals surface area contributed by atoms with E-state index in [1.54, 1.807) is 0 Å². The highest BCUT2D eigenvalue weighted by Gasteiger charge is 2.19. The minimum atomic E-state index is 0.555. The van der Waals surface area contributed by atoms with Gasteiger partial charge in [-0.2, -0.15) is 0 Å². The molecule has 1 unspecified atom stereocenters. The zero-order chi connectivity index (χ0) is 11.1. The van der Waals surface area contributed by atoms with Gasteiger partial charge in [-0.3, -0.25) is 0 Å². The van der Waals surface area contributed by atoms with Crippen molar-refractivity contribution in [2.45, 2.75) is 20.3 Å². The van der Waals surface area contributed by atoms with E-state index in [2.05, 4.69) is 56.4 Å². The van der Waals surface area contributed by atoms with E-state index >= 15 is 0 Å². The zero-order valence-electron chi connectivity index (χ0n) is 9.83. The fraction of sp³-hybridized carbons (Fsp3) is 0.250. The van der Waals surface area contributed by atoms with Gasteiger partial charge in [-0.25, -0.2) is 0 Å². The Hall–Kier alpha value is -1.56. The van der Waals surface area contributed by atoms with Crippen molar-refractivity contribution in [3.63, 3.8) is 0 Å². The van der Waals surface area contributed by atoms with Crippen molar-refractivity contribution in [3.05, 3.63) is 64.8 Å². The Morgan fingerprint density at radius 3 is 2.81 bits per heavy atom. The van der Waals surface area contributed by atoms with Crippen LogP contribution >= 0.6 is 0 Å². The summed E-state index contributed by atoms with van der Waals surface area (Å²) in [5, 5.41) is 0. The van der Waals surface area contributed by atoms with E-state index in [1.165, 1.54) is 27.8 Å². The van der Waals surface area contributed by atoms with Gasteiger partial charge < -0.3 is 0 Å². The van der Waals surface area contributed by atoms with Gasteiger partial charge in [0, 0.05) is 0 Å². The lowest BCUT2D eigenvalue weighted by Gasteiger charge is -2.03. The molecule has 2 aliphatic rings. The molecule has 0 nitrogen and oxygen atoms in total. The van der Waals surface area contributed by atoms with Gasteiger partial charge in [0.1, 0.15) is 0 Å². The molecule has 0 heteroatoms. The molecule has 2 aliphatic carbocycles. The van der Waals surface area contributed by atoms with Gasteiger partial charge in [-0.1, -0.05) is 55.0 Å². The fourth-order valence-electron chi connectivity index (χ4n) is 2.53. The van der Waals surface area contributed by atoms with E-state index in [4.69, 9.17) is 0 Å². The summed E-state index contributed by atoms with van der Waals surface area (Å²) >= 11 is 0. The minimum absolute atomic E-state index is 0.555. The Balaban J connectivity index is 2.12. The minimum Gasteiger partial charge on any atom is -0.0776 e. The summed E-state index contributed by atoms with van der Waals surface area (Å²) in [6.07, 6.45) is 10.3. The molecule has 1 aromatic rings. The number of aryl methyl sites for hydroxylation is 1. The molecule has 0 radical (unpaired) electrons. The van der Waals surface area contributed by atoms with Crippen molar-refractivity contribution in [1.82, 2.24) is 0 Å². The van der Waals surface area contributed by atoms with Gasteiger partial charge in [-0.05, 0) is 41.5 Å². The summed E-state index contributed by atoms with van der Waals surface area (Å²) in [4.78, 5) is 0. The molecule has 0 bridgehead atoms. The average Bonchev–Trinajstić information content (AvgIpc) is 2.50. The largest absolute Gasteiger partial charge is 0.0776 e. The van der Waals surface area contributed by atoms with E-state index in [-0.39, 0.29) is 0 Å². The first kappa shape index (κ1) is 9.65. The van der Waals surface area contributed by atoms with Gasteiger partial charge >= 0.3 is 0 Å². The third-order valence-electron chi connectivity index (χ3n) is 3.45. The molecule has 0 aliphatic heterocycles. The number of fused-ring (bicyclic) bond motifs is 2. The molecule has 0 N–H and O–H groups in total.